The number of amides is 1. The maximum atomic E-state index is 13.4. The minimum absolute atomic E-state index is 0.0468. The van der Waals surface area contributed by atoms with E-state index in [0.717, 1.165) is 45.3 Å². The monoisotopic (exact) mass is 470 g/mol. The molecule has 4 heterocycles. The van der Waals surface area contributed by atoms with Gasteiger partial charge in [0.1, 0.15) is 17.3 Å². The van der Waals surface area contributed by atoms with Crippen molar-refractivity contribution >= 4 is 21.9 Å². The molecule has 8 nitrogen and oxygen atoms in total. The van der Waals surface area contributed by atoms with Crippen LogP contribution < -0.4 is 4.90 Å². The Kier molecular flexibility index (Phi) is 6.11. The lowest BCUT2D eigenvalue weighted by Gasteiger charge is -2.47. The second-order valence-corrected chi connectivity index (χ2v) is 11.3. The zero-order valence-electron chi connectivity index (χ0n) is 18.7. The summed E-state index contributed by atoms with van der Waals surface area (Å²) < 4.78 is 33.3. The van der Waals surface area contributed by atoms with Crippen molar-refractivity contribution in [3.05, 3.63) is 54.2 Å². The van der Waals surface area contributed by atoms with Gasteiger partial charge in [0.15, 0.2) is 0 Å². The average Bonchev–Trinajstić information content (AvgIpc) is 3.27. The number of carbonyl (C=O) groups excluding carboxylic acids is 1. The first-order valence-electron chi connectivity index (χ1n) is 11.6. The number of anilines is 1. The van der Waals surface area contributed by atoms with Gasteiger partial charge in [-0.25, -0.2) is 18.2 Å². The highest BCUT2D eigenvalue weighted by molar-refractivity contribution is 7.89. The first-order chi connectivity index (χ1) is 16.0. The molecule has 176 valence electrons. The number of aromatic nitrogens is 1. The van der Waals surface area contributed by atoms with Crippen molar-refractivity contribution in [1.82, 2.24) is 14.2 Å². The predicted octanol–water partition coefficient (Wildman–Crippen LogP) is 3.11. The van der Waals surface area contributed by atoms with E-state index in [1.807, 2.05) is 6.07 Å². The molecule has 2 aromatic rings. The molecule has 1 amide bonds. The van der Waals surface area contributed by atoms with E-state index in [1.165, 1.54) is 16.7 Å². The summed E-state index contributed by atoms with van der Waals surface area (Å²) in [5, 5.41) is 0. The molecule has 0 bridgehead atoms. The number of carbonyl (C=O) groups is 1. The van der Waals surface area contributed by atoms with Gasteiger partial charge in [0.2, 0.25) is 10.0 Å². The predicted molar refractivity (Wildman–Crippen MR) is 124 cm³/mol. The quantitative estimate of drug-likeness (QED) is 0.668. The molecule has 9 heteroatoms. The number of hydrogen-bond acceptors (Lipinski definition) is 6. The minimum Gasteiger partial charge on any atom is -0.447 e. The minimum atomic E-state index is -3.63. The Balaban J connectivity index is 1.24. The first kappa shape index (κ1) is 22.3. The van der Waals surface area contributed by atoms with Gasteiger partial charge in [0.05, 0.1) is 6.54 Å². The summed E-state index contributed by atoms with van der Waals surface area (Å²) in [6.07, 6.45) is 4.89. The second kappa shape index (κ2) is 9.04. The molecule has 1 aromatic heterocycles. The normalized spacial score (nSPS) is 21.9. The lowest BCUT2D eigenvalue weighted by atomic mass is 9.73. The first-order valence-corrected chi connectivity index (χ1v) is 13.1. The van der Waals surface area contributed by atoms with Gasteiger partial charge in [-0.2, -0.15) is 4.31 Å². The fraction of sp³-hybridized carbons (Fsp3) is 0.500. The van der Waals surface area contributed by atoms with Gasteiger partial charge in [0.25, 0.3) is 0 Å². The Hall–Kier alpha value is -2.49. The van der Waals surface area contributed by atoms with E-state index in [1.54, 1.807) is 16.4 Å². The molecule has 0 unspecified atom stereocenters. The van der Waals surface area contributed by atoms with Gasteiger partial charge in [-0.15, -0.1) is 0 Å². The van der Waals surface area contributed by atoms with Crippen LogP contribution in [0, 0.1) is 5.41 Å². The molecule has 0 saturated carbocycles. The Bertz CT molecular complexity index is 1080. The van der Waals surface area contributed by atoms with E-state index in [4.69, 9.17) is 4.74 Å². The molecule has 5 rings (SSSR count). The van der Waals surface area contributed by atoms with Gasteiger partial charge in [-0.1, -0.05) is 30.3 Å². The van der Waals surface area contributed by atoms with Crippen LogP contribution in [-0.4, -0.2) is 68.0 Å². The van der Waals surface area contributed by atoms with Gasteiger partial charge in [-0.3, -0.25) is 9.80 Å². The molecular formula is C24H30N4O4S. The van der Waals surface area contributed by atoms with Gasteiger partial charge in [-0.05, 0) is 61.9 Å². The molecule has 3 aliphatic heterocycles. The summed E-state index contributed by atoms with van der Waals surface area (Å²) in [7, 11) is -3.63. The van der Waals surface area contributed by atoms with E-state index < -0.39 is 16.1 Å². The summed E-state index contributed by atoms with van der Waals surface area (Å²) in [4.78, 5) is 20.0. The fourth-order valence-corrected chi connectivity index (χ4v) is 6.78. The lowest BCUT2D eigenvalue weighted by Crippen LogP contribution is -2.50. The third-order valence-electron chi connectivity index (χ3n) is 7.19. The van der Waals surface area contributed by atoms with Crippen LogP contribution in [0.2, 0.25) is 0 Å². The van der Waals surface area contributed by atoms with Crippen LogP contribution in [0.4, 0.5) is 10.6 Å². The zero-order chi connectivity index (χ0) is 22.9. The molecule has 0 N–H and O–H groups in total. The van der Waals surface area contributed by atoms with E-state index in [0.29, 0.717) is 32.1 Å². The molecule has 3 fully saturated rings. The molecule has 0 radical (unpaired) electrons. The number of likely N-dealkylation sites (tertiary alicyclic amines) is 1. The van der Waals surface area contributed by atoms with Crippen LogP contribution in [0.5, 0.6) is 0 Å². The second-order valence-electron chi connectivity index (χ2n) is 9.32. The highest BCUT2D eigenvalue weighted by atomic mass is 32.2. The average molecular weight is 471 g/mol. The Morgan fingerprint density at radius 2 is 1.76 bits per heavy atom. The molecule has 0 aliphatic carbocycles. The van der Waals surface area contributed by atoms with Crippen molar-refractivity contribution < 1.29 is 17.9 Å². The number of nitrogens with zero attached hydrogens (tertiary/aromatic N) is 4. The Labute approximate surface area is 195 Å². The van der Waals surface area contributed by atoms with Crippen molar-refractivity contribution in [2.75, 3.05) is 44.2 Å². The third kappa shape index (κ3) is 4.62. The number of cyclic esters (lactones) is 1. The highest BCUT2D eigenvalue weighted by Crippen LogP contribution is 2.41. The maximum absolute atomic E-state index is 13.4. The Morgan fingerprint density at radius 1 is 0.970 bits per heavy atom. The van der Waals surface area contributed by atoms with Crippen LogP contribution in [0.3, 0.4) is 0 Å². The number of rotatable bonds is 5. The fourth-order valence-electron chi connectivity index (χ4n) is 5.24. The van der Waals surface area contributed by atoms with Crippen molar-refractivity contribution in [2.24, 2.45) is 5.41 Å². The van der Waals surface area contributed by atoms with E-state index in [9.17, 15) is 13.2 Å². The Morgan fingerprint density at radius 3 is 2.42 bits per heavy atom. The summed E-state index contributed by atoms with van der Waals surface area (Å²) in [6.45, 7) is 4.78. The molecule has 1 spiro atoms. The van der Waals surface area contributed by atoms with Crippen LogP contribution in [0.25, 0.3) is 0 Å². The van der Waals surface area contributed by atoms with Crippen molar-refractivity contribution in [2.45, 2.75) is 37.1 Å². The van der Waals surface area contributed by atoms with Crippen LogP contribution in [0.15, 0.2) is 53.6 Å². The van der Waals surface area contributed by atoms with Gasteiger partial charge >= 0.3 is 6.09 Å². The number of hydrogen-bond donors (Lipinski definition) is 0. The highest BCUT2D eigenvalue weighted by Gasteiger charge is 2.42. The smallest absolute Gasteiger partial charge is 0.415 e. The van der Waals surface area contributed by atoms with Crippen molar-refractivity contribution in [3.8, 4) is 0 Å². The van der Waals surface area contributed by atoms with Gasteiger partial charge < -0.3 is 4.74 Å². The number of ether oxygens (including phenoxy) is 1. The lowest BCUT2D eigenvalue weighted by molar-refractivity contribution is 0.0495. The van der Waals surface area contributed by atoms with Crippen LogP contribution >= 0.6 is 0 Å². The molecule has 3 saturated heterocycles. The van der Waals surface area contributed by atoms with E-state index in [-0.39, 0.29) is 10.3 Å². The van der Waals surface area contributed by atoms with Gasteiger partial charge in [0, 0.05) is 25.8 Å². The largest absolute Gasteiger partial charge is 0.447 e. The molecule has 0 atom stereocenters. The number of piperidine rings is 2. The zero-order valence-corrected chi connectivity index (χ0v) is 19.5. The third-order valence-corrected chi connectivity index (χ3v) is 9.02. The summed E-state index contributed by atoms with van der Waals surface area (Å²) in [6, 6.07) is 13.6. The number of benzene rings is 1. The molecular weight excluding hydrogens is 440 g/mol. The molecule has 33 heavy (non-hydrogen) atoms. The topological polar surface area (TPSA) is 83.0 Å². The SMILES string of the molecule is O=C1OCCN1c1ccc(S(=O)(=O)N2CCCC3(CCN(Cc4ccccc4)CC3)C2)cn1. The van der Waals surface area contributed by atoms with E-state index in [2.05, 4.69) is 34.1 Å². The van der Waals surface area contributed by atoms with Crippen molar-refractivity contribution in [3.63, 3.8) is 0 Å². The van der Waals surface area contributed by atoms with Crippen LogP contribution in [0.1, 0.15) is 31.2 Å². The summed E-state index contributed by atoms with van der Waals surface area (Å²) in [5.41, 5.74) is 1.37. The standard InChI is InChI=1S/C24H30N4O4S/c29-23-28(15-16-32-23)22-8-7-21(17-25-22)33(30,31)27-12-4-9-24(19-27)10-13-26(14-11-24)18-20-5-2-1-3-6-20/h1-3,5-8,17H,4,9-16,18-19H2. The summed E-state index contributed by atoms with van der Waals surface area (Å²) >= 11 is 0. The van der Waals surface area contributed by atoms with Crippen molar-refractivity contribution in [1.29, 1.82) is 0 Å². The summed E-state index contributed by atoms with van der Waals surface area (Å²) in [5.74, 6) is 0.414. The van der Waals surface area contributed by atoms with E-state index >= 15 is 0 Å². The molecule has 3 aliphatic rings. The van der Waals surface area contributed by atoms with Crippen LogP contribution in [-0.2, 0) is 21.3 Å². The number of pyridine rings is 1. The maximum Gasteiger partial charge on any atom is 0.415 e. The molecule has 1 aromatic carbocycles. The number of sulfonamides is 1.